The third kappa shape index (κ3) is 7.65. The molecule has 1 aliphatic rings. The third-order valence-electron chi connectivity index (χ3n) is 8.46. The molecule has 11 nitrogen and oxygen atoms in total. The average Bonchev–Trinajstić information content (AvgIpc) is 3.54. The summed E-state index contributed by atoms with van der Waals surface area (Å²) in [4.78, 5) is 29.9. The number of hydrogen-bond donors (Lipinski definition) is 2. The number of carbonyl (C=O) groups excluding carboxylic acids is 1. The first-order valence-corrected chi connectivity index (χ1v) is 18.1. The average molecular weight is 713 g/mol. The van der Waals surface area contributed by atoms with Gasteiger partial charge < -0.3 is 24.3 Å². The molecule has 256 valence electrons. The summed E-state index contributed by atoms with van der Waals surface area (Å²) >= 11 is 4.01. The smallest absolute Gasteiger partial charge is 0.497 e. The predicted octanol–water partition coefficient (Wildman–Crippen LogP) is 6.78. The van der Waals surface area contributed by atoms with Gasteiger partial charge in [-0.05, 0) is 63.7 Å². The van der Waals surface area contributed by atoms with E-state index in [1.807, 2.05) is 78.9 Å². The van der Waals surface area contributed by atoms with E-state index in [4.69, 9.17) is 23.5 Å². The fraction of sp³-hybridized carbons (Fsp3) is 0.216. The topological polar surface area (TPSA) is 127 Å². The maximum atomic E-state index is 13.2. The van der Waals surface area contributed by atoms with Crippen molar-refractivity contribution in [2.45, 2.75) is 30.5 Å². The predicted molar refractivity (Wildman–Crippen MR) is 191 cm³/mol. The van der Waals surface area contributed by atoms with Crippen LogP contribution in [-0.2, 0) is 24.2 Å². The molecule has 1 unspecified atom stereocenters. The van der Waals surface area contributed by atoms with Gasteiger partial charge in [-0.1, -0.05) is 72.8 Å². The Hall–Kier alpha value is -4.84. The van der Waals surface area contributed by atoms with E-state index in [0.29, 0.717) is 17.1 Å². The van der Waals surface area contributed by atoms with Crippen LogP contribution in [0, 0.1) is 0 Å². The van der Waals surface area contributed by atoms with Crippen LogP contribution in [-0.4, -0.2) is 48.5 Å². The lowest BCUT2D eigenvalue weighted by Crippen LogP contribution is -2.38. The lowest BCUT2D eigenvalue weighted by Gasteiger charge is -2.37. The summed E-state index contributed by atoms with van der Waals surface area (Å²) in [5.41, 5.74) is 1.11. The van der Waals surface area contributed by atoms with Crippen molar-refractivity contribution < 1.29 is 32.8 Å². The molecule has 1 aliphatic heterocycles. The molecular formula is C37H35N3O8PS+. The van der Waals surface area contributed by atoms with E-state index >= 15 is 0 Å². The number of carbonyl (C=O) groups is 1. The third-order valence-corrected chi connectivity index (χ3v) is 9.20. The van der Waals surface area contributed by atoms with Crippen molar-refractivity contribution in [3.05, 3.63) is 154 Å². The van der Waals surface area contributed by atoms with Crippen LogP contribution in [0.3, 0.4) is 0 Å². The van der Waals surface area contributed by atoms with Crippen LogP contribution >= 0.6 is 19.5 Å². The van der Waals surface area contributed by atoms with Crippen molar-refractivity contribution in [2.75, 3.05) is 26.1 Å². The number of aromatic nitrogens is 2. The van der Waals surface area contributed by atoms with Crippen LogP contribution in [0.5, 0.6) is 11.5 Å². The molecule has 0 bridgehead atoms. The van der Waals surface area contributed by atoms with Gasteiger partial charge in [-0.25, -0.2) is 4.79 Å². The summed E-state index contributed by atoms with van der Waals surface area (Å²) in [5, 5.41) is 2.64. The first-order valence-electron chi connectivity index (χ1n) is 15.7. The molecule has 0 spiro atoms. The number of nitrogens with one attached hydrogen (secondary N) is 1. The summed E-state index contributed by atoms with van der Waals surface area (Å²) in [6.07, 6.45) is -0.689. The molecule has 1 N–H and O–H groups in total. The second-order valence-corrected chi connectivity index (χ2v) is 13.1. The Morgan fingerprint density at radius 1 is 0.880 bits per heavy atom. The van der Waals surface area contributed by atoms with E-state index in [9.17, 15) is 14.2 Å². The van der Waals surface area contributed by atoms with Gasteiger partial charge in [-0.15, -0.1) is 4.52 Å². The number of nitrogens with zero attached hydrogens (tertiary/aromatic N) is 2. The summed E-state index contributed by atoms with van der Waals surface area (Å²) < 4.78 is 43.6. The Morgan fingerprint density at radius 2 is 1.44 bits per heavy atom. The van der Waals surface area contributed by atoms with Gasteiger partial charge in [0, 0.05) is 18.2 Å². The Morgan fingerprint density at radius 3 is 1.98 bits per heavy atom. The molecule has 2 heterocycles. The first kappa shape index (κ1) is 35.0. The Kier molecular flexibility index (Phi) is 11.1. The molecule has 50 heavy (non-hydrogen) atoms. The standard InChI is InChI=1S/C37H34N3O8PS/c1-44-29-17-13-27(14-18-29)37(26-11-7-4-8-12-26,28-15-19-30(45-2)20-16-28)46-24-32-31(48-49(43)50)23-34(47-32)40-22-21-33(39-36(40)42)38-35(41)25-9-5-3-6-10-25/h3-22,31-32,34H,23-24H2,1-2H3,(H-,38,39,41,42,43,50)/p+1/t31-,32+,34+/m0/s1. The monoisotopic (exact) mass is 712 g/mol. The zero-order valence-electron chi connectivity index (χ0n) is 27.2. The molecule has 13 heteroatoms. The van der Waals surface area contributed by atoms with Gasteiger partial charge in [0.1, 0.15) is 53.6 Å². The number of anilines is 1. The minimum Gasteiger partial charge on any atom is -0.497 e. The van der Waals surface area contributed by atoms with Crippen LogP contribution in [0.4, 0.5) is 5.82 Å². The number of ether oxygens (including phenoxy) is 4. The second-order valence-electron chi connectivity index (χ2n) is 11.4. The molecule has 1 amide bonds. The molecule has 1 aromatic heterocycles. The molecule has 0 saturated carbocycles. The van der Waals surface area contributed by atoms with Crippen LogP contribution in [0.25, 0.3) is 0 Å². The summed E-state index contributed by atoms with van der Waals surface area (Å²) in [6.45, 7) is -0.0293. The van der Waals surface area contributed by atoms with Gasteiger partial charge in [0.2, 0.25) is 0 Å². The van der Waals surface area contributed by atoms with Crippen LogP contribution in [0.1, 0.15) is 39.7 Å². The lowest BCUT2D eigenvalue weighted by molar-refractivity contribution is -0.0908. The molecular weight excluding hydrogens is 677 g/mol. The maximum absolute atomic E-state index is 13.2. The molecule has 4 atom stereocenters. The van der Waals surface area contributed by atoms with Gasteiger partial charge in [-0.2, -0.15) is 4.98 Å². The molecule has 0 aliphatic carbocycles. The SMILES string of the molecule is COc1ccc(C(OC[C@H]2O[C@@H](n3ccc(NC(=O)c4ccccc4)nc3=O)C[C@@H]2O[P+](=O)S)(c2ccccc2)c2ccc(OC)cc2)cc1. The van der Waals surface area contributed by atoms with Gasteiger partial charge in [0.25, 0.3) is 5.91 Å². The number of methoxy groups -OCH3 is 2. The molecule has 5 aromatic rings. The number of amides is 1. The quantitative estimate of drug-likeness (QED) is 0.0772. The van der Waals surface area contributed by atoms with Crippen molar-refractivity contribution in [1.29, 1.82) is 0 Å². The van der Waals surface area contributed by atoms with Crippen LogP contribution in [0.2, 0.25) is 0 Å². The first-order chi connectivity index (χ1) is 24.3. The lowest BCUT2D eigenvalue weighted by atomic mass is 9.80. The van der Waals surface area contributed by atoms with Crippen molar-refractivity contribution in [3.63, 3.8) is 0 Å². The van der Waals surface area contributed by atoms with E-state index in [0.717, 1.165) is 16.7 Å². The fourth-order valence-corrected chi connectivity index (χ4v) is 6.83. The molecule has 6 rings (SSSR count). The molecule has 0 radical (unpaired) electrons. The summed E-state index contributed by atoms with van der Waals surface area (Å²) in [5.74, 6) is 1.06. The second kappa shape index (κ2) is 15.8. The van der Waals surface area contributed by atoms with E-state index in [2.05, 4.69) is 22.5 Å². The van der Waals surface area contributed by atoms with E-state index < -0.39 is 42.9 Å². The van der Waals surface area contributed by atoms with Crippen LogP contribution < -0.4 is 20.5 Å². The largest absolute Gasteiger partial charge is 0.582 e. The minimum atomic E-state index is -2.32. The zero-order chi connectivity index (χ0) is 35.1. The Balaban J connectivity index is 1.31. The molecule has 1 fully saturated rings. The summed E-state index contributed by atoms with van der Waals surface area (Å²) in [7, 11) is 0.890. The Labute approximate surface area is 295 Å². The highest BCUT2D eigenvalue weighted by Gasteiger charge is 2.45. The summed E-state index contributed by atoms with van der Waals surface area (Å²) in [6, 6.07) is 35.1. The van der Waals surface area contributed by atoms with Gasteiger partial charge in [0.15, 0.2) is 0 Å². The zero-order valence-corrected chi connectivity index (χ0v) is 29.0. The Bertz CT molecular complexity index is 1930. The van der Waals surface area contributed by atoms with Gasteiger partial charge in [-0.3, -0.25) is 9.36 Å². The van der Waals surface area contributed by atoms with E-state index in [1.54, 1.807) is 44.6 Å². The van der Waals surface area contributed by atoms with Gasteiger partial charge in [0.05, 0.1) is 20.8 Å². The number of hydrogen-bond acceptors (Lipinski definition) is 9. The minimum absolute atomic E-state index is 0.0293. The molecule has 4 aromatic carbocycles. The number of benzene rings is 4. The van der Waals surface area contributed by atoms with Crippen molar-refractivity contribution >= 4 is 31.2 Å². The van der Waals surface area contributed by atoms with Crippen molar-refractivity contribution in [3.8, 4) is 11.5 Å². The van der Waals surface area contributed by atoms with E-state index in [1.165, 1.54) is 16.8 Å². The maximum Gasteiger partial charge on any atom is 0.582 e. The van der Waals surface area contributed by atoms with Crippen molar-refractivity contribution in [2.24, 2.45) is 0 Å². The van der Waals surface area contributed by atoms with E-state index in [-0.39, 0.29) is 18.8 Å². The highest BCUT2D eigenvalue weighted by atomic mass is 32.7. The van der Waals surface area contributed by atoms with Gasteiger partial charge >= 0.3 is 12.9 Å². The number of thiol groups is 1. The van der Waals surface area contributed by atoms with Crippen LogP contribution in [0.15, 0.2) is 126 Å². The normalized spacial score (nSPS) is 17.6. The molecule has 1 saturated heterocycles. The van der Waals surface area contributed by atoms with Crippen molar-refractivity contribution in [1.82, 2.24) is 9.55 Å². The number of rotatable bonds is 13. The fourth-order valence-electron chi connectivity index (χ4n) is 6.01. The highest BCUT2D eigenvalue weighted by Crippen LogP contribution is 2.44. The highest BCUT2D eigenvalue weighted by molar-refractivity contribution is 8.39.